The molecule has 1 heterocycles. The van der Waals surface area contributed by atoms with Crippen molar-refractivity contribution in [3.8, 4) is 0 Å². The summed E-state index contributed by atoms with van der Waals surface area (Å²) >= 11 is 0. The van der Waals surface area contributed by atoms with Crippen molar-refractivity contribution < 1.29 is 9.84 Å². The molecule has 0 amide bonds. The van der Waals surface area contributed by atoms with Gasteiger partial charge in [0.15, 0.2) is 0 Å². The van der Waals surface area contributed by atoms with E-state index in [1.54, 1.807) is 0 Å². The molecule has 13 heavy (non-hydrogen) atoms. The summed E-state index contributed by atoms with van der Waals surface area (Å²) in [5.74, 6) is 0.448. The highest BCUT2D eigenvalue weighted by molar-refractivity contribution is 4.84. The molecule has 1 saturated heterocycles. The third kappa shape index (κ3) is 2.68. The molecule has 0 aliphatic carbocycles. The summed E-state index contributed by atoms with van der Waals surface area (Å²) in [5, 5.41) is 9.75. The van der Waals surface area contributed by atoms with Crippen LogP contribution in [0.3, 0.4) is 0 Å². The lowest BCUT2D eigenvalue weighted by Crippen LogP contribution is -2.40. The van der Waals surface area contributed by atoms with Crippen LogP contribution in [0.25, 0.3) is 0 Å². The van der Waals surface area contributed by atoms with E-state index in [2.05, 4.69) is 13.8 Å². The molecule has 0 spiro atoms. The molecule has 3 unspecified atom stereocenters. The first kappa shape index (κ1) is 11.0. The second-order valence-electron chi connectivity index (χ2n) is 4.38. The van der Waals surface area contributed by atoms with Crippen molar-refractivity contribution in [2.75, 3.05) is 6.61 Å². The lowest BCUT2D eigenvalue weighted by molar-refractivity contribution is -0.108. The summed E-state index contributed by atoms with van der Waals surface area (Å²) in [6.45, 7) is 7.16. The van der Waals surface area contributed by atoms with Gasteiger partial charge in [0.25, 0.3) is 0 Å². The van der Waals surface area contributed by atoms with Gasteiger partial charge in [-0.15, -0.1) is 0 Å². The first-order valence-electron chi connectivity index (χ1n) is 5.43. The minimum Gasteiger partial charge on any atom is -0.393 e. The van der Waals surface area contributed by atoms with Crippen molar-refractivity contribution in [1.29, 1.82) is 0 Å². The normalized spacial score (nSPS) is 37.4. The van der Waals surface area contributed by atoms with Gasteiger partial charge in [-0.2, -0.15) is 0 Å². The number of aliphatic hydroxyl groups is 1. The zero-order valence-electron chi connectivity index (χ0n) is 9.05. The van der Waals surface area contributed by atoms with Crippen molar-refractivity contribution in [3.05, 3.63) is 0 Å². The molecule has 0 radical (unpaired) electrons. The average Bonchev–Trinajstić information content (AvgIpc) is 2.17. The standard InChI is InChI=1S/C11H22O2/c1-4-10(12)9-6-7-13-11(3,5-2)8-9/h9-10,12H,4-8H2,1-3H3. The molecule has 1 aliphatic heterocycles. The highest BCUT2D eigenvalue weighted by Crippen LogP contribution is 2.33. The smallest absolute Gasteiger partial charge is 0.0655 e. The molecule has 0 bridgehead atoms. The maximum atomic E-state index is 9.75. The monoisotopic (exact) mass is 186 g/mol. The van der Waals surface area contributed by atoms with Crippen LogP contribution in [0.1, 0.15) is 46.5 Å². The van der Waals surface area contributed by atoms with Crippen molar-refractivity contribution in [2.45, 2.75) is 58.2 Å². The molecule has 1 N–H and O–H groups in total. The Morgan fingerprint density at radius 2 is 2.23 bits per heavy atom. The first-order valence-corrected chi connectivity index (χ1v) is 5.43. The van der Waals surface area contributed by atoms with Crippen LogP contribution >= 0.6 is 0 Å². The van der Waals surface area contributed by atoms with Crippen LogP contribution in [-0.4, -0.2) is 23.4 Å². The van der Waals surface area contributed by atoms with Gasteiger partial charge in [-0.25, -0.2) is 0 Å². The van der Waals surface area contributed by atoms with Crippen molar-refractivity contribution in [3.63, 3.8) is 0 Å². The van der Waals surface area contributed by atoms with Crippen LogP contribution in [0.4, 0.5) is 0 Å². The van der Waals surface area contributed by atoms with Gasteiger partial charge in [-0.05, 0) is 38.5 Å². The average molecular weight is 186 g/mol. The summed E-state index contributed by atoms with van der Waals surface area (Å²) in [4.78, 5) is 0. The maximum absolute atomic E-state index is 9.75. The van der Waals surface area contributed by atoms with Gasteiger partial charge in [-0.1, -0.05) is 13.8 Å². The Balaban J connectivity index is 2.51. The van der Waals surface area contributed by atoms with Gasteiger partial charge in [0.1, 0.15) is 0 Å². The Kier molecular flexibility index (Phi) is 3.74. The highest BCUT2D eigenvalue weighted by atomic mass is 16.5. The predicted molar refractivity (Wildman–Crippen MR) is 53.7 cm³/mol. The van der Waals surface area contributed by atoms with Crippen LogP contribution in [-0.2, 0) is 4.74 Å². The zero-order chi connectivity index (χ0) is 9.90. The van der Waals surface area contributed by atoms with Gasteiger partial charge in [-0.3, -0.25) is 0 Å². The third-order valence-corrected chi connectivity index (χ3v) is 3.34. The predicted octanol–water partition coefficient (Wildman–Crippen LogP) is 2.35. The van der Waals surface area contributed by atoms with E-state index in [-0.39, 0.29) is 11.7 Å². The molecule has 1 rings (SSSR count). The molecular formula is C11H22O2. The molecule has 78 valence electrons. The highest BCUT2D eigenvalue weighted by Gasteiger charge is 2.34. The molecule has 1 fully saturated rings. The Hall–Kier alpha value is -0.0800. The quantitative estimate of drug-likeness (QED) is 0.733. The summed E-state index contributed by atoms with van der Waals surface area (Å²) in [7, 11) is 0. The maximum Gasteiger partial charge on any atom is 0.0655 e. The fraction of sp³-hybridized carbons (Fsp3) is 1.00. The Labute approximate surface area is 81.3 Å². The summed E-state index contributed by atoms with van der Waals surface area (Å²) in [6, 6.07) is 0. The molecule has 2 heteroatoms. The lowest BCUT2D eigenvalue weighted by Gasteiger charge is -2.39. The zero-order valence-corrected chi connectivity index (χ0v) is 9.05. The van der Waals surface area contributed by atoms with Gasteiger partial charge in [0.05, 0.1) is 11.7 Å². The summed E-state index contributed by atoms with van der Waals surface area (Å²) in [6.07, 6.45) is 3.81. The molecule has 0 aromatic carbocycles. The van der Waals surface area contributed by atoms with Crippen LogP contribution < -0.4 is 0 Å². The van der Waals surface area contributed by atoms with E-state index in [4.69, 9.17) is 4.74 Å². The van der Waals surface area contributed by atoms with Gasteiger partial charge in [0, 0.05) is 6.61 Å². The lowest BCUT2D eigenvalue weighted by atomic mass is 9.82. The van der Waals surface area contributed by atoms with Crippen LogP contribution in [0, 0.1) is 5.92 Å². The second kappa shape index (κ2) is 4.43. The SMILES string of the molecule is CCC(O)C1CCOC(C)(CC)C1. The Morgan fingerprint density at radius 3 is 2.77 bits per heavy atom. The van der Waals surface area contributed by atoms with E-state index in [1.165, 1.54) is 0 Å². The molecule has 0 aromatic heterocycles. The number of hydrogen-bond acceptors (Lipinski definition) is 2. The number of hydrogen-bond donors (Lipinski definition) is 1. The van der Waals surface area contributed by atoms with E-state index >= 15 is 0 Å². The number of rotatable bonds is 3. The van der Waals surface area contributed by atoms with E-state index in [1.807, 2.05) is 6.92 Å². The fourth-order valence-electron chi connectivity index (χ4n) is 2.08. The summed E-state index contributed by atoms with van der Waals surface area (Å²) < 4.78 is 5.73. The first-order chi connectivity index (χ1) is 6.11. The van der Waals surface area contributed by atoms with Gasteiger partial charge >= 0.3 is 0 Å². The molecule has 0 saturated carbocycles. The van der Waals surface area contributed by atoms with Crippen LogP contribution in [0.5, 0.6) is 0 Å². The number of aliphatic hydroxyl groups excluding tert-OH is 1. The van der Waals surface area contributed by atoms with Gasteiger partial charge in [0.2, 0.25) is 0 Å². The van der Waals surface area contributed by atoms with Gasteiger partial charge < -0.3 is 9.84 Å². The molecule has 0 aromatic rings. The van der Waals surface area contributed by atoms with Crippen LogP contribution in [0.2, 0.25) is 0 Å². The number of ether oxygens (including phenoxy) is 1. The molecule has 2 nitrogen and oxygen atoms in total. The van der Waals surface area contributed by atoms with E-state index < -0.39 is 0 Å². The Morgan fingerprint density at radius 1 is 1.54 bits per heavy atom. The second-order valence-corrected chi connectivity index (χ2v) is 4.38. The van der Waals surface area contributed by atoms with Crippen molar-refractivity contribution in [1.82, 2.24) is 0 Å². The van der Waals surface area contributed by atoms with E-state index in [9.17, 15) is 5.11 Å². The van der Waals surface area contributed by atoms with Crippen molar-refractivity contribution in [2.24, 2.45) is 5.92 Å². The molecule has 1 aliphatic rings. The van der Waals surface area contributed by atoms with Crippen LogP contribution in [0.15, 0.2) is 0 Å². The molecule has 3 atom stereocenters. The van der Waals surface area contributed by atoms with E-state index in [0.717, 1.165) is 32.3 Å². The molecular weight excluding hydrogens is 164 g/mol. The largest absolute Gasteiger partial charge is 0.393 e. The minimum atomic E-state index is -0.130. The van der Waals surface area contributed by atoms with Crippen molar-refractivity contribution >= 4 is 0 Å². The summed E-state index contributed by atoms with van der Waals surface area (Å²) in [5.41, 5.74) is 0.0130. The van der Waals surface area contributed by atoms with E-state index in [0.29, 0.717) is 5.92 Å². The minimum absolute atomic E-state index is 0.0130. The topological polar surface area (TPSA) is 29.5 Å². The Bertz CT molecular complexity index is 158. The fourth-order valence-corrected chi connectivity index (χ4v) is 2.08. The third-order valence-electron chi connectivity index (χ3n) is 3.34.